The van der Waals surface area contributed by atoms with Crippen LogP contribution < -0.4 is 9.62 Å². The largest absolute Gasteiger partial charge is 0.354 e. The van der Waals surface area contributed by atoms with Crippen LogP contribution in [0.15, 0.2) is 108 Å². The number of anilines is 1. The van der Waals surface area contributed by atoms with Crippen LogP contribution in [0.3, 0.4) is 0 Å². The molecule has 4 aromatic carbocycles. The van der Waals surface area contributed by atoms with Crippen molar-refractivity contribution >= 4 is 62.3 Å². The lowest BCUT2D eigenvalue weighted by molar-refractivity contribution is -0.140. The van der Waals surface area contributed by atoms with Crippen molar-refractivity contribution in [2.75, 3.05) is 17.4 Å². The second-order valence-electron chi connectivity index (χ2n) is 10.0. The molecule has 0 fully saturated rings. The SMILES string of the molecule is CCCNC(=O)[C@@H](Cc1ccccc1)N(Cc1ccccc1Cl)C(=O)CN(c1cccc(Cl)c1Cl)S(=O)(=O)c1ccccc1. The summed E-state index contributed by atoms with van der Waals surface area (Å²) >= 11 is 19.3. The molecular weight excluding hydrogens is 641 g/mol. The van der Waals surface area contributed by atoms with Crippen LogP contribution in [0.2, 0.25) is 15.1 Å². The Labute approximate surface area is 273 Å². The van der Waals surface area contributed by atoms with Gasteiger partial charge in [0.25, 0.3) is 10.0 Å². The summed E-state index contributed by atoms with van der Waals surface area (Å²) in [4.78, 5) is 29.5. The fraction of sp³-hybridized carbons (Fsp3) is 0.212. The number of hydrogen-bond acceptors (Lipinski definition) is 4. The number of halogens is 3. The first-order valence-electron chi connectivity index (χ1n) is 14.0. The molecule has 0 heterocycles. The van der Waals surface area contributed by atoms with E-state index < -0.39 is 28.5 Å². The number of hydrogen-bond donors (Lipinski definition) is 1. The molecule has 230 valence electrons. The quantitative estimate of drug-likeness (QED) is 0.166. The standard InChI is InChI=1S/C33H32Cl3N3O4S/c1-2-20-37-33(41)30(21-24-12-5-3-6-13-24)38(22-25-14-9-10-17-27(25)34)31(40)23-39(29-19-11-18-28(35)32(29)36)44(42,43)26-15-7-4-8-16-26/h3-19,30H,2,20-23H2,1H3,(H,37,41)/t30-/m1/s1. The summed E-state index contributed by atoms with van der Waals surface area (Å²) in [5.74, 6) is -0.998. The maximum Gasteiger partial charge on any atom is 0.264 e. The zero-order valence-corrected chi connectivity index (χ0v) is 27.1. The molecular formula is C33H32Cl3N3O4S. The Morgan fingerprint density at radius 2 is 1.41 bits per heavy atom. The normalized spacial score (nSPS) is 11.9. The number of carbonyl (C=O) groups excluding carboxylic acids is 2. The van der Waals surface area contributed by atoms with Crippen molar-refractivity contribution in [3.63, 3.8) is 0 Å². The van der Waals surface area contributed by atoms with Crippen LogP contribution in [0.1, 0.15) is 24.5 Å². The second-order valence-corrected chi connectivity index (χ2v) is 13.1. The van der Waals surface area contributed by atoms with Crippen LogP contribution in [-0.4, -0.2) is 44.3 Å². The van der Waals surface area contributed by atoms with Gasteiger partial charge >= 0.3 is 0 Å². The number of sulfonamides is 1. The summed E-state index contributed by atoms with van der Waals surface area (Å²) < 4.78 is 29.0. The van der Waals surface area contributed by atoms with E-state index in [4.69, 9.17) is 34.8 Å². The number of amides is 2. The summed E-state index contributed by atoms with van der Waals surface area (Å²) in [7, 11) is -4.31. The lowest BCUT2D eigenvalue weighted by Gasteiger charge is -2.34. The van der Waals surface area contributed by atoms with E-state index in [1.165, 1.54) is 29.2 Å². The van der Waals surface area contributed by atoms with E-state index in [2.05, 4.69) is 5.32 Å². The highest BCUT2D eigenvalue weighted by atomic mass is 35.5. The van der Waals surface area contributed by atoms with Crippen LogP contribution in [0.25, 0.3) is 0 Å². The van der Waals surface area contributed by atoms with Crippen LogP contribution in [0, 0.1) is 0 Å². The van der Waals surface area contributed by atoms with E-state index in [0.717, 1.165) is 9.87 Å². The highest BCUT2D eigenvalue weighted by Crippen LogP contribution is 2.35. The van der Waals surface area contributed by atoms with Gasteiger partial charge in [0.1, 0.15) is 12.6 Å². The van der Waals surface area contributed by atoms with Crippen molar-refractivity contribution in [2.24, 2.45) is 0 Å². The zero-order valence-electron chi connectivity index (χ0n) is 24.0. The summed E-state index contributed by atoms with van der Waals surface area (Å²) in [6.45, 7) is 1.64. The molecule has 0 aromatic heterocycles. The summed E-state index contributed by atoms with van der Waals surface area (Å²) in [6.07, 6.45) is 0.883. The molecule has 0 unspecified atom stereocenters. The van der Waals surface area contributed by atoms with Crippen molar-refractivity contribution in [3.05, 3.63) is 129 Å². The van der Waals surface area contributed by atoms with Crippen LogP contribution in [0.4, 0.5) is 5.69 Å². The number of carbonyl (C=O) groups is 2. The predicted octanol–water partition coefficient (Wildman–Crippen LogP) is 7.01. The Hall–Kier alpha value is -3.56. The lowest BCUT2D eigenvalue weighted by atomic mass is 10.0. The minimum Gasteiger partial charge on any atom is -0.354 e. The van der Waals surface area contributed by atoms with Gasteiger partial charge in [0.15, 0.2) is 0 Å². The Bertz CT molecular complexity index is 1690. The van der Waals surface area contributed by atoms with E-state index in [1.54, 1.807) is 48.5 Å². The maximum atomic E-state index is 14.4. The molecule has 0 radical (unpaired) electrons. The summed E-state index contributed by atoms with van der Waals surface area (Å²) in [5.41, 5.74) is 1.46. The number of nitrogens with one attached hydrogen (secondary N) is 1. The molecule has 11 heteroatoms. The van der Waals surface area contributed by atoms with Gasteiger partial charge < -0.3 is 10.2 Å². The van der Waals surface area contributed by atoms with Gasteiger partial charge in [-0.3, -0.25) is 13.9 Å². The maximum absolute atomic E-state index is 14.4. The van der Waals surface area contributed by atoms with Crippen molar-refractivity contribution in [1.29, 1.82) is 0 Å². The predicted molar refractivity (Wildman–Crippen MR) is 177 cm³/mol. The van der Waals surface area contributed by atoms with Gasteiger partial charge in [-0.25, -0.2) is 8.42 Å². The van der Waals surface area contributed by atoms with Gasteiger partial charge in [-0.2, -0.15) is 0 Å². The molecule has 1 N–H and O–H groups in total. The average molecular weight is 673 g/mol. The zero-order chi connectivity index (χ0) is 31.7. The molecule has 4 aromatic rings. The van der Waals surface area contributed by atoms with Crippen molar-refractivity contribution in [1.82, 2.24) is 10.2 Å². The first kappa shape index (κ1) is 33.3. The van der Waals surface area contributed by atoms with Gasteiger partial charge in [-0.15, -0.1) is 0 Å². The number of benzene rings is 4. The van der Waals surface area contributed by atoms with Gasteiger partial charge in [0.05, 0.1) is 20.6 Å². The minimum atomic E-state index is -4.31. The van der Waals surface area contributed by atoms with E-state index in [9.17, 15) is 18.0 Å². The first-order chi connectivity index (χ1) is 21.1. The van der Waals surface area contributed by atoms with Crippen molar-refractivity contribution < 1.29 is 18.0 Å². The molecule has 0 spiro atoms. The molecule has 7 nitrogen and oxygen atoms in total. The first-order valence-corrected chi connectivity index (χ1v) is 16.6. The van der Waals surface area contributed by atoms with Crippen LogP contribution >= 0.6 is 34.8 Å². The highest BCUT2D eigenvalue weighted by molar-refractivity contribution is 7.92. The Kier molecular flexibility index (Phi) is 11.7. The number of rotatable bonds is 13. The molecule has 0 aliphatic carbocycles. The molecule has 2 amide bonds. The molecule has 0 bridgehead atoms. The average Bonchev–Trinajstić information content (AvgIpc) is 3.03. The third-order valence-electron chi connectivity index (χ3n) is 6.93. The van der Waals surface area contributed by atoms with Gasteiger partial charge in [-0.1, -0.05) is 115 Å². The van der Waals surface area contributed by atoms with Crippen molar-refractivity contribution in [2.45, 2.75) is 37.2 Å². The Morgan fingerprint density at radius 3 is 2.07 bits per heavy atom. The highest BCUT2D eigenvalue weighted by Gasteiger charge is 2.35. The van der Waals surface area contributed by atoms with E-state index in [0.29, 0.717) is 23.6 Å². The van der Waals surface area contributed by atoms with E-state index in [-0.39, 0.29) is 39.5 Å². The molecule has 0 saturated heterocycles. The minimum absolute atomic E-state index is 0.0272. The fourth-order valence-electron chi connectivity index (χ4n) is 4.65. The third kappa shape index (κ3) is 8.12. The lowest BCUT2D eigenvalue weighted by Crippen LogP contribution is -2.53. The molecule has 0 saturated carbocycles. The Balaban J connectivity index is 1.83. The van der Waals surface area contributed by atoms with Gasteiger partial charge in [0.2, 0.25) is 11.8 Å². The molecule has 0 aliphatic rings. The Morgan fingerprint density at radius 1 is 0.795 bits per heavy atom. The summed E-state index contributed by atoms with van der Waals surface area (Å²) in [5, 5.41) is 3.41. The van der Waals surface area contributed by atoms with Crippen LogP contribution in [0.5, 0.6) is 0 Å². The van der Waals surface area contributed by atoms with E-state index >= 15 is 0 Å². The molecule has 44 heavy (non-hydrogen) atoms. The molecule has 0 aliphatic heterocycles. The monoisotopic (exact) mass is 671 g/mol. The topological polar surface area (TPSA) is 86.8 Å². The molecule has 1 atom stereocenters. The fourth-order valence-corrected chi connectivity index (χ4v) is 6.74. The smallest absolute Gasteiger partial charge is 0.264 e. The van der Waals surface area contributed by atoms with E-state index in [1.807, 2.05) is 37.3 Å². The third-order valence-corrected chi connectivity index (χ3v) is 9.88. The summed E-state index contributed by atoms with van der Waals surface area (Å²) in [6, 6.07) is 27.6. The van der Waals surface area contributed by atoms with Gasteiger partial charge in [0, 0.05) is 24.5 Å². The van der Waals surface area contributed by atoms with Gasteiger partial charge in [-0.05, 0) is 47.9 Å². The molecule has 4 rings (SSSR count). The van der Waals surface area contributed by atoms with Crippen LogP contribution in [-0.2, 0) is 32.6 Å². The second kappa shape index (κ2) is 15.4. The number of nitrogens with zero attached hydrogens (tertiary/aromatic N) is 2. The van der Waals surface area contributed by atoms with Crippen molar-refractivity contribution in [3.8, 4) is 0 Å².